The first-order chi connectivity index (χ1) is 12.2. The summed E-state index contributed by atoms with van der Waals surface area (Å²) in [5.41, 5.74) is 9.77. The minimum absolute atomic E-state index is 0.120. The van der Waals surface area contributed by atoms with Crippen LogP contribution in [0.3, 0.4) is 0 Å². The second-order valence-corrected chi connectivity index (χ2v) is 7.02. The van der Waals surface area contributed by atoms with Crippen LogP contribution >= 0.6 is 11.6 Å². The van der Waals surface area contributed by atoms with Gasteiger partial charge >= 0.3 is 0 Å². The number of nitrogens with zero attached hydrogens (tertiary/aromatic N) is 4. The number of pyridine rings is 1. The highest BCUT2D eigenvalue weighted by atomic mass is 35.5. The molecule has 138 valence electrons. The third kappa shape index (κ3) is 2.92. The lowest BCUT2D eigenvalue weighted by Gasteiger charge is -2.14. The number of hydrogen-bond acceptors (Lipinski definition) is 5. The SMILES string of the molecule is COc1c(C)c(Cn2cc(C(C)C)c3c(Cl)nc(N)nc32)c[n+]([O-])c1C. The fourth-order valence-electron chi connectivity index (χ4n) is 3.24. The van der Waals surface area contributed by atoms with Crippen LogP contribution in [0.15, 0.2) is 12.4 Å². The van der Waals surface area contributed by atoms with Gasteiger partial charge in [-0.3, -0.25) is 0 Å². The smallest absolute Gasteiger partial charge is 0.232 e. The van der Waals surface area contributed by atoms with E-state index in [0.717, 1.165) is 26.8 Å². The van der Waals surface area contributed by atoms with E-state index < -0.39 is 0 Å². The average Bonchev–Trinajstić information content (AvgIpc) is 2.92. The molecule has 0 atom stereocenters. The molecular formula is C18H22ClN5O2. The molecule has 0 aliphatic carbocycles. The fourth-order valence-corrected chi connectivity index (χ4v) is 3.52. The normalized spacial score (nSPS) is 11.5. The van der Waals surface area contributed by atoms with Gasteiger partial charge in [-0.15, -0.1) is 0 Å². The van der Waals surface area contributed by atoms with Gasteiger partial charge in [0.05, 0.1) is 19.0 Å². The van der Waals surface area contributed by atoms with Crippen molar-refractivity contribution in [1.82, 2.24) is 14.5 Å². The van der Waals surface area contributed by atoms with Crippen molar-refractivity contribution in [2.75, 3.05) is 12.8 Å². The number of rotatable bonds is 4. The molecule has 0 aliphatic heterocycles. The van der Waals surface area contributed by atoms with Gasteiger partial charge < -0.3 is 20.2 Å². The van der Waals surface area contributed by atoms with E-state index in [9.17, 15) is 5.21 Å². The predicted octanol–water partition coefficient (Wildman–Crippen LogP) is 3.10. The summed E-state index contributed by atoms with van der Waals surface area (Å²) in [6.45, 7) is 8.28. The summed E-state index contributed by atoms with van der Waals surface area (Å²) in [6, 6.07) is 0. The van der Waals surface area contributed by atoms with E-state index in [1.807, 2.05) is 17.7 Å². The third-order valence-electron chi connectivity index (χ3n) is 4.64. The molecule has 3 aromatic rings. The minimum Gasteiger partial charge on any atom is -0.618 e. The van der Waals surface area contributed by atoms with Gasteiger partial charge in [-0.1, -0.05) is 25.4 Å². The second-order valence-electron chi connectivity index (χ2n) is 6.66. The number of nitrogen functional groups attached to an aromatic ring is 1. The number of fused-ring (bicyclic) bond motifs is 1. The van der Waals surface area contributed by atoms with Crippen LogP contribution < -0.4 is 15.2 Å². The Kier molecular flexibility index (Phi) is 4.66. The molecule has 0 saturated carbocycles. The number of aromatic nitrogens is 4. The third-order valence-corrected chi connectivity index (χ3v) is 4.91. The van der Waals surface area contributed by atoms with Crippen molar-refractivity contribution in [3.8, 4) is 5.75 Å². The number of halogens is 1. The second kappa shape index (κ2) is 6.64. The van der Waals surface area contributed by atoms with Gasteiger partial charge in [-0.25, -0.2) is 4.98 Å². The highest BCUT2D eigenvalue weighted by molar-refractivity contribution is 6.34. The highest BCUT2D eigenvalue weighted by Crippen LogP contribution is 2.33. The summed E-state index contributed by atoms with van der Waals surface area (Å²) in [5, 5.41) is 13.3. The number of methoxy groups -OCH3 is 1. The molecule has 2 N–H and O–H groups in total. The molecule has 0 radical (unpaired) electrons. The Morgan fingerprint density at radius 1 is 1.35 bits per heavy atom. The molecule has 3 rings (SSSR count). The van der Waals surface area contributed by atoms with E-state index in [1.54, 1.807) is 20.2 Å². The summed E-state index contributed by atoms with van der Waals surface area (Å²) in [5.74, 6) is 0.945. The van der Waals surface area contributed by atoms with Crippen LogP contribution in [0.4, 0.5) is 5.95 Å². The van der Waals surface area contributed by atoms with E-state index >= 15 is 0 Å². The summed E-state index contributed by atoms with van der Waals surface area (Å²) in [4.78, 5) is 8.46. The Labute approximate surface area is 157 Å². The van der Waals surface area contributed by atoms with Gasteiger partial charge in [0, 0.05) is 24.2 Å². The summed E-state index contributed by atoms with van der Waals surface area (Å²) >= 11 is 6.33. The Hall–Kier alpha value is -2.54. The Balaban J connectivity index is 2.21. The van der Waals surface area contributed by atoms with Crippen LogP contribution in [0.2, 0.25) is 5.15 Å². The maximum absolute atomic E-state index is 12.2. The first-order valence-electron chi connectivity index (χ1n) is 8.32. The molecular weight excluding hydrogens is 354 g/mol. The van der Waals surface area contributed by atoms with Gasteiger partial charge in [0.15, 0.2) is 11.9 Å². The molecule has 3 heterocycles. The molecule has 26 heavy (non-hydrogen) atoms. The Bertz CT molecular complexity index is 997. The summed E-state index contributed by atoms with van der Waals surface area (Å²) < 4.78 is 8.18. The van der Waals surface area contributed by atoms with E-state index in [0.29, 0.717) is 28.8 Å². The van der Waals surface area contributed by atoms with Crippen molar-refractivity contribution < 1.29 is 9.47 Å². The Morgan fingerprint density at radius 3 is 2.65 bits per heavy atom. The van der Waals surface area contributed by atoms with Crippen molar-refractivity contribution in [2.24, 2.45) is 0 Å². The fraction of sp³-hybridized carbons (Fsp3) is 0.389. The zero-order valence-electron chi connectivity index (χ0n) is 15.5. The quantitative estimate of drug-likeness (QED) is 0.429. The van der Waals surface area contributed by atoms with Crippen LogP contribution in [-0.2, 0) is 6.54 Å². The van der Waals surface area contributed by atoms with Gasteiger partial charge in [-0.2, -0.15) is 9.71 Å². The molecule has 0 aliphatic rings. The van der Waals surface area contributed by atoms with Crippen molar-refractivity contribution >= 4 is 28.6 Å². The molecule has 0 fully saturated rings. The van der Waals surface area contributed by atoms with Gasteiger partial charge in [-0.05, 0) is 18.4 Å². The molecule has 0 spiro atoms. The monoisotopic (exact) mass is 375 g/mol. The van der Waals surface area contributed by atoms with Crippen LogP contribution in [-0.4, -0.2) is 21.6 Å². The number of anilines is 1. The molecule has 7 nitrogen and oxygen atoms in total. The zero-order chi connectivity index (χ0) is 19.2. The molecule has 0 saturated heterocycles. The number of nitrogens with two attached hydrogens (primary N) is 1. The van der Waals surface area contributed by atoms with Crippen molar-refractivity contribution in [3.05, 3.63) is 45.1 Å². The molecule has 8 heteroatoms. The molecule has 0 amide bonds. The summed E-state index contributed by atoms with van der Waals surface area (Å²) in [7, 11) is 1.56. The molecule has 0 aromatic carbocycles. The summed E-state index contributed by atoms with van der Waals surface area (Å²) in [6.07, 6.45) is 3.57. The van der Waals surface area contributed by atoms with Crippen LogP contribution in [0.5, 0.6) is 5.75 Å². The van der Waals surface area contributed by atoms with E-state index in [1.165, 1.54) is 0 Å². The van der Waals surface area contributed by atoms with Crippen molar-refractivity contribution in [1.29, 1.82) is 0 Å². The highest BCUT2D eigenvalue weighted by Gasteiger charge is 2.21. The maximum atomic E-state index is 12.2. The number of ether oxygens (including phenoxy) is 1. The first-order valence-corrected chi connectivity index (χ1v) is 8.70. The van der Waals surface area contributed by atoms with E-state index in [2.05, 4.69) is 23.8 Å². The largest absolute Gasteiger partial charge is 0.618 e. The standard InChI is InChI=1S/C18H22ClN5O2/c1-9(2)13-8-23(17-14(13)16(19)21-18(20)22-17)6-12-7-24(25)11(4)15(26-5)10(12)3/h7-9H,6H2,1-5H3,(H2,20,21,22). The van der Waals surface area contributed by atoms with Crippen molar-refractivity contribution in [2.45, 2.75) is 40.2 Å². The first kappa shape index (κ1) is 18.3. The lowest BCUT2D eigenvalue weighted by Crippen LogP contribution is -2.31. The zero-order valence-corrected chi connectivity index (χ0v) is 16.3. The number of hydrogen-bond donors (Lipinski definition) is 1. The van der Waals surface area contributed by atoms with Gasteiger partial charge in [0.2, 0.25) is 11.6 Å². The average molecular weight is 376 g/mol. The lowest BCUT2D eigenvalue weighted by atomic mass is 10.0. The maximum Gasteiger partial charge on any atom is 0.232 e. The minimum atomic E-state index is 0.120. The molecule has 0 bridgehead atoms. The lowest BCUT2D eigenvalue weighted by molar-refractivity contribution is -0.613. The molecule has 0 unspecified atom stereocenters. The van der Waals surface area contributed by atoms with Crippen LogP contribution in [0, 0.1) is 19.1 Å². The predicted molar refractivity (Wildman–Crippen MR) is 102 cm³/mol. The Morgan fingerprint density at radius 2 is 2.04 bits per heavy atom. The van der Waals surface area contributed by atoms with Gasteiger partial charge in [0.25, 0.3) is 0 Å². The van der Waals surface area contributed by atoms with Crippen molar-refractivity contribution in [3.63, 3.8) is 0 Å². The van der Waals surface area contributed by atoms with Crippen LogP contribution in [0.1, 0.15) is 42.1 Å². The van der Waals surface area contributed by atoms with Gasteiger partial charge in [0.1, 0.15) is 10.8 Å². The molecule has 3 aromatic heterocycles. The van der Waals surface area contributed by atoms with E-state index in [-0.39, 0.29) is 11.9 Å². The topological polar surface area (TPSA) is 92.9 Å². The van der Waals surface area contributed by atoms with E-state index in [4.69, 9.17) is 22.1 Å². The van der Waals surface area contributed by atoms with Crippen LogP contribution in [0.25, 0.3) is 11.0 Å².